The molecule has 1 aliphatic rings. The van der Waals surface area contributed by atoms with Crippen LogP contribution in [0.3, 0.4) is 0 Å². The molecule has 0 unspecified atom stereocenters. The second kappa shape index (κ2) is 7.47. The molecule has 0 atom stereocenters. The summed E-state index contributed by atoms with van der Waals surface area (Å²) in [4.78, 5) is 12.4. The average Bonchev–Trinajstić information content (AvgIpc) is 3.47. The third-order valence-electron chi connectivity index (χ3n) is 5.59. The number of benzene rings is 2. The van der Waals surface area contributed by atoms with Gasteiger partial charge in [-0.3, -0.25) is 4.79 Å². The molecule has 0 saturated heterocycles. The molecule has 0 spiro atoms. The average molecular weight is 371 g/mol. The van der Waals surface area contributed by atoms with Gasteiger partial charge in [-0.05, 0) is 50.5 Å². The van der Waals surface area contributed by atoms with Crippen molar-refractivity contribution >= 4 is 12.0 Å². The number of carbonyl (C=O) groups excluding carboxylic acids is 1. The van der Waals surface area contributed by atoms with E-state index in [4.69, 9.17) is 0 Å². The topological polar surface area (TPSA) is 46.9 Å². The van der Waals surface area contributed by atoms with Crippen LogP contribution in [0.5, 0.6) is 0 Å². The van der Waals surface area contributed by atoms with E-state index in [9.17, 15) is 4.79 Å². The number of carbonyl (C=O) groups is 1. The summed E-state index contributed by atoms with van der Waals surface area (Å²) in [6.07, 6.45) is 5.74. The highest BCUT2D eigenvalue weighted by atomic mass is 16.1. The molecule has 1 fully saturated rings. The van der Waals surface area contributed by atoms with Crippen LogP contribution in [0.15, 0.2) is 66.7 Å². The molecular formula is C24H25N3O. The van der Waals surface area contributed by atoms with Crippen LogP contribution < -0.4 is 5.32 Å². The summed E-state index contributed by atoms with van der Waals surface area (Å²) in [5, 5.41) is 7.71. The second-order valence-corrected chi connectivity index (χ2v) is 7.53. The fourth-order valence-electron chi connectivity index (χ4n) is 3.70. The number of rotatable bonds is 6. The number of aryl methyl sites for hydroxylation is 1. The Morgan fingerprint density at radius 2 is 1.71 bits per heavy atom. The predicted octanol–water partition coefficient (Wildman–Crippen LogP) is 4.35. The Kier molecular flexibility index (Phi) is 4.86. The maximum absolute atomic E-state index is 12.4. The first-order valence-electron chi connectivity index (χ1n) is 9.72. The maximum Gasteiger partial charge on any atom is 0.244 e. The monoisotopic (exact) mass is 371 g/mol. The van der Waals surface area contributed by atoms with Crippen molar-refractivity contribution in [2.24, 2.45) is 0 Å². The molecule has 1 saturated carbocycles. The van der Waals surface area contributed by atoms with Gasteiger partial charge in [0.15, 0.2) is 0 Å². The van der Waals surface area contributed by atoms with Crippen LogP contribution in [0.25, 0.3) is 11.8 Å². The number of nitrogens with zero attached hydrogens (tertiary/aromatic N) is 2. The fourth-order valence-corrected chi connectivity index (χ4v) is 3.70. The molecule has 0 bridgehead atoms. The lowest BCUT2D eigenvalue weighted by atomic mass is 9.96. The van der Waals surface area contributed by atoms with Gasteiger partial charge in [0, 0.05) is 29.3 Å². The summed E-state index contributed by atoms with van der Waals surface area (Å²) < 4.78 is 1.92. The Morgan fingerprint density at radius 1 is 1.07 bits per heavy atom. The molecule has 1 aromatic heterocycles. The van der Waals surface area contributed by atoms with E-state index >= 15 is 0 Å². The molecule has 0 radical (unpaired) electrons. The van der Waals surface area contributed by atoms with Gasteiger partial charge in [-0.25, -0.2) is 4.68 Å². The van der Waals surface area contributed by atoms with Crippen LogP contribution >= 0.6 is 0 Å². The lowest BCUT2D eigenvalue weighted by Gasteiger charge is -2.15. The van der Waals surface area contributed by atoms with Crippen molar-refractivity contribution in [1.82, 2.24) is 15.1 Å². The zero-order valence-corrected chi connectivity index (χ0v) is 16.4. The Hall–Kier alpha value is -3.14. The van der Waals surface area contributed by atoms with Crippen molar-refractivity contribution < 1.29 is 4.79 Å². The van der Waals surface area contributed by atoms with E-state index in [1.165, 1.54) is 5.56 Å². The highest BCUT2D eigenvalue weighted by Crippen LogP contribution is 2.47. The number of aromatic nitrogens is 2. The van der Waals surface area contributed by atoms with E-state index in [1.54, 1.807) is 6.08 Å². The minimum Gasteiger partial charge on any atom is -0.352 e. The van der Waals surface area contributed by atoms with Crippen LogP contribution in [0.4, 0.5) is 0 Å². The summed E-state index contributed by atoms with van der Waals surface area (Å²) in [6.45, 7) is 4.68. The Balaban J connectivity index is 1.44. The van der Waals surface area contributed by atoms with Crippen LogP contribution in [0, 0.1) is 13.8 Å². The summed E-state index contributed by atoms with van der Waals surface area (Å²) in [6, 6.07) is 20.5. The normalized spacial score (nSPS) is 14.9. The molecule has 1 amide bonds. The fraction of sp³-hybridized carbons (Fsp3) is 0.250. The number of hydrogen-bond acceptors (Lipinski definition) is 2. The van der Waals surface area contributed by atoms with E-state index in [1.807, 2.05) is 61.0 Å². The molecule has 1 N–H and O–H groups in total. The van der Waals surface area contributed by atoms with Gasteiger partial charge < -0.3 is 5.32 Å². The summed E-state index contributed by atoms with van der Waals surface area (Å²) in [7, 11) is 0. The largest absolute Gasteiger partial charge is 0.352 e. The van der Waals surface area contributed by atoms with E-state index in [0.717, 1.165) is 35.5 Å². The van der Waals surface area contributed by atoms with Gasteiger partial charge in [0.2, 0.25) is 5.91 Å². The van der Waals surface area contributed by atoms with Crippen molar-refractivity contribution in [3.8, 4) is 5.69 Å². The minimum absolute atomic E-state index is 0.0616. The van der Waals surface area contributed by atoms with Gasteiger partial charge >= 0.3 is 0 Å². The predicted molar refractivity (Wildman–Crippen MR) is 112 cm³/mol. The van der Waals surface area contributed by atoms with Crippen molar-refractivity contribution in [3.63, 3.8) is 0 Å². The SMILES string of the molecule is Cc1nn(-c2ccccc2)c(C)c1/C=C/C(=O)NCC1(c2ccccc2)CC1. The molecule has 142 valence electrons. The Labute approximate surface area is 165 Å². The summed E-state index contributed by atoms with van der Waals surface area (Å²) in [5.74, 6) is -0.0616. The number of nitrogens with one attached hydrogen (secondary N) is 1. The van der Waals surface area contributed by atoms with E-state index in [2.05, 4.69) is 34.7 Å². The number of hydrogen-bond donors (Lipinski definition) is 1. The number of para-hydroxylation sites is 1. The van der Waals surface area contributed by atoms with Crippen LogP contribution in [-0.4, -0.2) is 22.2 Å². The smallest absolute Gasteiger partial charge is 0.244 e. The molecule has 1 heterocycles. The van der Waals surface area contributed by atoms with Gasteiger partial charge in [0.25, 0.3) is 0 Å². The highest BCUT2D eigenvalue weighted by molar-refractivity contribution is 5.92. The third kappa shape index (κ3) is 3.63. The first-order valence-corrected chi connectivity index (χ1v) is 9.72. The molecule has 0 aliphatic heterocycles. The zero-order valence-electron chi connectivity index (χ0n) is 16.4. The quantitative estimate of drug-likeness (QED) is 0.655. The van der Waals surface area contributed by atoms with Crippen molar-refractivity contribution in [1.29, 1.82) is 0 Å². The minimum atomic E-state index is -0.0616. The third-order valence-corrected chi connectivity index (χ3v) is 5.59. The van der Waals surface area contributed by atoms with Gasteiger partial charge in [0.05, 0.1) is 11.4 Å². The molecule has 4 heteroatoms. The second-order valence-electron chi connectivity index (χ2n) is 7.53. The van der Waals surface area contributed by atoms with Crippen LogP contribution in [-0.2, 0) is 10.2 Å². The molecule has 28 heavy (non-hydrogen) atoms. The first-order chi connectivity index (χ1) is 13.6. The molecule has 4 nitrogen and oxygen atoms in total. The van der Waals surface area contributed by atoms with E-state index in [0.29, 0.717) is 6.54 Å². The molecular weight excluding hydrogens is 346 g/mol. The number of amides is 1. The van der Waals surface area contributed by atoms with Gasteiger partial charge in [0.1, 0.15) is 0 Å². The Bertz CT molecular complexity index is 999. The standard InChI is InChI=1S/C24H25N3O/c1-18-22(19(2)27(26-18)21-11-7-4-8-12-21)13-14-23(28)25-17-24(15-16-24)20-9-5-3-6-10-20/h3-14H,15-17H2,1-2H3,(H,25,28)/b14-13+. The van der Waals surface area contributed by atoms with Gasteiger partial charge in [-0.2, -0.15) is 5.10 Å². The van der Waals surface area contributed by atoms with Crippen LogP contribution in [0.2, 0.25) is 0 Å². The molecule has 1 aliphatic carbocycles. The van der Waals surface area contributed by atoms with E-state index in [-0.39, 0.29) is 11.3 Å². The van der Waals surface area contributed by atoms with Gasteiger partial charge in [-0.15, -0.1) is 0 Å². The lowest BCUT2D eigenvalue weighted by Crippen LogP contribution is -2.30. The molecule has 4 rings (SSSR count). The van der Waals surface area contributed by atoms with Crippen molar-refractivity contribution in [3.05, 3.63) is 89.3 Å². The maximum atomic E-state index is 12.4. The van der Waals surface area contributed by atoms with Crippen LogP contribution in [0.1, 0.15) is 35.4 Å². The van der Waals surface area contributed by atoms with Crippen molar-refractivity contribution in [2.45, 2.75) is 32.1 Å². The van der Waals surface area contributed by atoms with Crippen molar-refractivity contribution in [2.75, 3.05) is 6.54 Å². The highest BCUT2D eigenvalue weighted by Gasteiger charge is 2.44. The Morgan fingerprint density at radius 3 is 2.36 bits per heavy atom. The zero-order chi connectivity index (χ0) is 19.6. The van der Waals surface area contributed by atoms with Gasteiger partial charge in [-0.1, -0.05) is 48.5 Å². The first kappa shape index (κ1) is 18.2. The lowest BCUT2D eigenvalue weighted by molar-refractivity contribution is -0.116. The molecule has 2 aromatic carbocycles. The molecule has 3 aromatic rings. The summed E-state index contributed by atoms with van der Waals surface area (Å²) in [5.41, 5.74) is 5.38. The van der Waals surface area contributed by atoms with E-state index < -0.39 is 0 Å². The summed E-state index contributed by atoms with van der Waals surface area (Å²) >= 11 is 0.